The maximum absolute atomic E-state index is 11.1. The van der Waals surface area contributed by atoms with Crippen LogP contribution in [0.1, 0.15) is 6.92 Å². The molecule has 0 aliphatic rings. The molecule has 0 aliphatic heterocycles. The van der Waals surface area contributed by atoms with Gasteiger partial charge in [-0.2, -0.15) is 0 Å². The summed E-state index contributed by atoms with van der Waals surface area (Å²) in [4.78, 5) is 21.8. The van der Waals surface area contributed by atoms with Gasteiger partial charge in [0.2, 0.25) is 0 Å². The Balaban J connectivity index is 4.01. The van der Waals surface area contributed by atoms with Crippen LogP contribution in [0, 0.1) is 0 Å². The Morgan fingerprint density at radius 2 is 2.00 bits per heavy atom. The molecule has 0 aromatic heterocycles. The average molecular weight is 252 g/mol. The minimum absolute atomic E-state index is 0.182. The molecule has 7 nitrogen and oxygen atoms in total. The largest absolute Gasteiger partial charge is 0.480 e. The van der Waals surface area contributed by atoms with E-state index in [1.807, 2.05) is 0 Å². The molecule has 2 amide bonds. The summed E-state index contributed by atoms with van der Waals surface area (Å²) in [6, 6.07) is -2.06. The quantitative estimate of drug-likeness (QED) is 0.459. The van der Waals surface area contributed by atoms with Crippen molar-refractivity contribution >= 4 is 22.8 Å². The lowest BCUT2D eigenvalue weighted by Gasteiger charge is -2.17. The summed E-state index contributed by atoms with van der Waals surface area (Å²) >= 11 is 0. The monoisotopic (exact) mass is 252 g/mol. The Morgan fingerprint density at radius 1 is 1.44 bits per heavy atom. The van der Waals surface area contributed by atoms with Crippen LogP contribution in [0.25, 0.3) is 0 Å². The fraction of sp³-hybridized carbons (Fsp3) is 0.750. The van der Waals surface area contributed by atoms with Gasteiger partial charge in [0.1, 0.15) is 0 Å². The molecule has 8 heteroatoms. The molecule has 4 N–H and O–H groups in total. The van der Waals surface area contributed by atoms with E-state index in [0.29, 0.717) is 5.75 Å². The molecule has 0 aromatic rings. The zero-order valence-corrected chi connectivity index (χ0v) is 9.91. The van der Waals surface area contributed by atoms with Gasteiger partial charge in [-0.15, -0.1) is 0 Å². The molecule has 0 radical (unpaired) electrons. The molecule has 0 spiro atoms. The number of nitrogens with one attached hydrogen (secondary N) is 2. The number of carbonyl (C=O) groups is 2. The van der Waals surface area contributed by atoms with Crippen molar-refractivity contribution in [3.8, 4) is 0 Å². The molecule has 3 atom stereocenters. The fourth-order valence-electron chi connectivity index (χ4n) is 0.889. The van der Waals surface area contributed by atoms with Crippen molar-refractivity contribution in [1.82, 2.24) is 10.6 Å². The highest BCUT2D eigenvalue weighted by atomic mass is 32.2. The maximum atomic E-state index is 11.1. The van der Waals surface area contributed by atoms with Crippen molar-refractivity contribution in [2.24, 2.45) is 0 Å². The number of hydrogen-bond donors (Lipinski definition) is 4. The van der Waals surface area contributed by atoms with Crippen molar-refractivity contribution in [2.45, 2.75) is 19.1 Å². The highest BCUT2D eigenvalue weighted by molar-refractivity contribution is 7.84. The van der Waals surface area contributed by atoms with Crippen LogP contribution < -0.4 is 10.6 Å². The van der Waals surface area contributed by atoms with Crippen LogP contribution in [0.3, 0.4) is 0 Å². The third-order valence-electron chi connectivity index (χ3n) is 1.71. The van der Waals surface area contributed by atoms with E-state index in [-0.39, 0.29) is 6.54 Å². The molecule has 94 valence electrons. The topological polar surface area (TPSA) is 116 Å². The number of carboxylic acid groups (broad SMARTS) is 1. The molecule has 0 bridgehead atoms. The van der Waals surface area contributed by atoms with Gasteiger partial charge in [-0.1, -0.05) is 0 Å². The highest BCUT2D eigenvalue weighted by Crippen LogP contribution is 1.92. The first-order valence-electron chi connectivity index (χ1n) is 4.60. The molecular weight excluding hydrogens is 236 g/mol. The predicted molar refractivity (Wildman–Crippen MR) is 58.6 cm³/mol. The normalized spacial score (nSPS) is 15.9. The first-order valence-corrected chi connectivity index (χ1v) is 6.32. The molecule has 0 saturated heterocycles. The van der Waals surface area contributed by atoms with Gasteiger partial charge in [-0.25, -0.2) is 9.59 Å². The van der Waals surface area contributed by atoms with Crippen LogP contribution >= 0.6 is 0 Å². The van der Waals surface area contributed by atoms with Gasteiger partial charge in [-0.3, -0.25) is 4.21 Å². The van der Waals surface area contributed by atoms with Gasteiger partial charge in [0.05, 0.1) is 6.10 Å². The number of carbonyl (C=O) groups excluding carboxylic acids is 1. The number of aliphatic hydroxyl groups is 1. The lowest BCUT2D eigenvalue weighted by Crippen LogP contribution is -2.51. The van der Waals surface area contributed by atoms with Gasteiger partial charge < -0.3 is 20.8 Å². The van der Waals surface area contributed by atoms with Crippen LogP contribution in [-0.2, 0) is 15.6 Å². The molecule has 0 aromatic carbocycles. The Bertz CT molecular complexity index is 282. The minimum Gasteiger partial charge on any atom is -0.480 e. The number of carboxylic acids is 1. The number of amides is 2. The van der Waals surface area contributed by atoms with Crippen molar-refractivity contribution in [1.29, 1.82) is 0 Å². The number of rotatable bonds is 6. The molecule has 0 aliphatic carbocycles. The van der Waals surface area contributed by atoms with Gasteiger partial charge in [0.15, 0.2) is 6.04 Å². The van der Waals surface area contributed by atoms with Crippen molar-refractivity contribution < 1.29 is 24.0 Å². The van der Waals surface area contributed by atoms with Crippen molar-refractivity contribution in [3.63, 3.8) is 0 Å². The van der Waals surface area contributed by atoms with Gasteiger partial charge >= 0.3 is 12.0 Å². The number of urea groups is 1. The Kier molecular flexibility index (Phi) is 6.66. The second-order valence-corrected chi connectivity index (χ2v) is 4.79. The van der Waals surface area contributed by atoms with E-state index < -0.39 is 34.9 Å². The summed E-state index contributed by atoms with van der Waals surface area (Å²) in [7, 11) is -1.02. The summed E-state index contributed by atoms with van der Waals surface area (Å²) in [6.07, 6.45) is 0.304. The van der Waals surface area contributed by atoms with Crippen LogP contribution in [0.15, 0.2) is 0 Å². The Hall–Kier alpha value is -1.15. The zero-order valence-electron chi connectivity index (χ0n) is 9.10. The Morgan fingerprint density at radius 3 is 2.38 bits per heavy atom. The molecule has 1 unspecified atom stereocenters. The lowest BCUT2D eigenvalue weighted by molar-refractivity contribution is -0.141. The predicted octanol–water partition coefficient (Wildman–Crippen LogP) is -1.50. The number of aliphatic carboxylic acids is 1. The van der Waals surface area contributed by atoms with Crippen molar-refractivity contribution in [2.75, 3.05) is 18.6 Å². The van der Waals surface area contributed by atoms with E-state index in [2.05, 4.69) is 10.6 Å². The fourth-order valence-corrected chi connectivity index (χ4v) is 1.28. The summed E-state index contributed by atoms with van der Waals surface area (Å²) in [5.41, 5.74) is 0. The van der Waals surface area contributed by atoms with E-state index in [0.717, 1.165) is 0 Å². The maximum Gasteiger partial charge on any atom is 0.328 e. The van der Waals surface area contributed by atoms with E-state index in [1.165, 1.54) is 13.2 Å². The summed E-state index contributed by atoms with van der Waals surface area (Å²) < 4.78 is 10.7. The van der Waals surface area contributed by atoms with E-state index >= 15 is 0 Å². The standard InChI is InChI=1S/C8H16N2O5S/c1-5(11)6(7(12)13)10-8(14)9-3-4-16(2)15/h5-6,11H,3-4H2,1-2H3,(H,12,13)(H2,9,10,14)/t5-,6+,16?/m1/s1. The lowest BCUT2D eigenvalue weighted by atomic mass is 10.2. The summed E-state index contributed by atoms with van der Waals surface area (Å²) in [6.45, 7) is 1.45. The summed E-state index contributed by atoms with van der Waals surface area (Å²) in [5.74, 6) is -1.02. The zero-order chi connectivity index (χ0) is 12.7. The van der Waals surface area contributed by atoms with Gasteiger partial charge in [0.25, 0.3) is 0 Å². The third-order valence-corrected chi connectivity index (χ3v) is 2.49. The molecule has 0 heterocycles. The van der Waals surface area contributed by atoms with Crippen molar-refractivity contribution in [3.05, 3.63) is 0 Å². The van der Waals surface area contributed by atoms with Gasteiger partial charge in [-0.05, 0) is 6.92 Å². The van der Waals surface area contributed by atoms with Crippen LogP contribution in [-0.4, -0.2) is 57.1 Å². The number of hydrogen-bond acceptors (Lipinski definition) is 4. The smallest absolute Gasteiger partial charge is 0.328 e. The van der Waals surface area contributed by atoms with Crippen LogP contribution in [0.2, 0.25) is 0 Å². The highest BCUT2D eigenvalue weighted by Gasteiger charge is 2.24. The van der Waals surface area contributed by atoms with Crippen LogP contribution in [0.4, 0.5) is 4.79 Å². The number of aliphatic hydroxyl groups excluding tert-OH is 1. The second kappa shape index (κ2) is 7.18. The molecular formula is C8H16N2O5S. The molecule has 0 rings (SSSR count). The molecule has 0 saturated carbocycles. The van der Waals surface area contributed by atoms with E-state index in [4.69, 9.17) is 10.2 Å². The summed E-state index contributed by atoms with van der Waals surface area (Å²) in [5, 5.41) is 22.2. The average Bonchev–Trinajstić information content (AvgIpc) is 2.12. The SMILES string of the molecule is C[C@@H](O)[C@H](NC(=O)NCCS(C)=O)C(=O)O. The molecule has 0 fully saturated rings. The second-order valence-electron chi connectivity index (χ2n) is 3.23. The van der Waals surface area contributed by atoms with Gasteiger partial charge in [0, 0.05) is 29.4 Å². The third kappa shape index (κ3) is 6.36. The minimum atomic E-state index is -1.35. The van der Waals surface area contributed by atoms with E-state index in [1.54, 1.807) is 0 Å². The first-order chi connectivity index (χ1) is 7.34. The first kappa shape index (κ1) is 14.8. The van der Waals surface area contributed by atoms with E-state index in [9.17, 15) is 13.8 Å². The Labute approximate surface area is 95.7 Å². The van der Waals surface area contributed by atoms with Crippen LogP contribution in [0.5, 0.6) is 0 Å². The molecule has 16 heavy (non-hydrogen) atoms.